The van der Waals surface area contributed by atoms with Crippen molar-refractivity contribution in [3.63, 3.8) is 0 Å². The summed E-state index contributed by atoms with van der Waals surface area (Å²) < 4.78 is 0. The zero-order chi connectivity index (χ0) is 17.9. The van der Waals surface area contributed by atoms with Crippen LogP contribution in [0.2, 0.25) is 0 Å². The van der Waals surface area contributed by atoms with Crippen LogP contribution < -0.4 is 0 Å². The highest BCUT2D eigenvalue weighted by molar-refractivity contribution is 6.19. The molecule has 0 amide bonds. The van der Waals surface area contributed by atoms with Crippen LogP contribution in [-0.2, 0) is 4.79 Å². The third kappa shape index (κ3) is 16.6. The quantitative estimate of drug-likeness (QED) is 0.190. The monoisotopic (exact) mass is 360 g/mol. The minimum atomic E-state index is -0.744. The number of carbonyl (C=O) groups is 1. The maximum Gasteiger partial charge on any atom is 0.307 e. The van der Waals surface area contributed by atoms with Gasteiger partial charge in [0, 0.05) is 5.88 Å². The molecule has 1 N–H and O–H groups in total. The van der Waals surface area contributed by atoms with E-state index in [4.69, 9.17) is 16.7 Å². The van der Waals surface area contributed by atoms with Crippen molar-refractivity contribution in [2.24, 2.45) is 5.92 Å². The zero-order valence-electron chi connectivity index (χ0n) is 16.0. The van der Waals surface area contributed by atoms with Crippen molar-refractivity contribution in [1.82, 2.24) is 0 Å². The Morgan fingerprint density at radius 1 is 0.708 bits per heavy atom. The largest absolute Gasteiger partial charge is 0.481 e. The van der Waals surface area contributed by atoms with Crippen molar-refractivity contribution in [2.75, 3.05) is 5.88 Å². The van der Waals surface area contributed by atoms with E-state index >= 15 is 0 Å². The lowest BCUT2D eigenvalue weighted by Crippen LogP contribution is -2.14. The Hall–Kier alpha value is -0.240. The van der Waals surface area contributed by atoms with Gasteiger partial charge in [0.15, 0.2) is 0 Å². The fourth-order valence-corrected chi connectivity index (χ4v) is 3.49. The van der Waals surface area contributed by atoms with Gasteiger partial charge >= 0.3 is 5.97 Å². The Bertz CT molecular complexity index is 269. The van der Waals surface area contributed by atoms with Gasteiger partial charge in [0.1, 0.15) is 0 Å². The molecule has 0 radical (unpaired) electrons. The molecule has 3 heteroatoms. The molecule has 1 unspecified atom stereocenters. The van der Waals surface area contributed by atoms with Gasteiger partial charge < -0.3 is 5.11 Å². The minimum absolute atomic E-state index is 0.244. The fourth-order valence-electron chi connectivity index (χ4n) is 3.21. The van der Waals surface area contributed by atoms with Gasteiger partial charge in [-0.1, -0.05) is 110 Å². The Balaban J connectivity index is 3.11. The van der Waals surface area contributed by atoms with Crippen LogP contribution in [0.15, 0.2) is 0 Å². The minimum Gasteiger partial charge on any atom is -0.481 e. The molecule has 0 rings (SSSR count). The van der Waals surface area contributed by atoms with Crippen molar-refractivity contribution in [3.05, 3.63) is 0 Å². The van der Waals surface area contributed by atoms with E-state index in [0.717, 1.165) is 19.3 Å². The lowest BCUT2D eigenvalue weighted by molar-refractivity contribution is -0.141. The average molecular weight is 361 g/mol. The molecule has 1 atom stereocenters. The summed E-state index contributed by atoms with van der Waals surface area (Å²) in [5.74, 6) is -0.849. The number of alkyl halides is 1. The van der Waals surface area contributed by atoms with E-state index in [0.29, 0.717) is 0 Å². The highest BCUT2D eigenvalue weighted by Gasteiger charge is 2.14. The van der Waals surface area contributed by atoms with Crippen LogP contribution in [0.5, 0.6) is 0 Å². The number of hydrogen-bond donors (Lipinski definition) is 1. The Morgan fingerprint density at radius 2 is 1.04 bits per heavy atom. The molecule has 0 aromatic heterocycles. The first-order chi connectivity index (χ1) is 11.7. The van der Waals surface area contributed by atoms with E-state index in [1.165, 1.54) is 89.9 Å². The number of rotatable bonds is 19. The number of halogens is 1. The summed E-state index contributed by atoms with van der Waals surface area (Å²) in [6, 6.07) is 0. The van der Waals surface area contributed by atoms with Gasteiger partial charge in [0.2, 0.25) is 0 Å². The van der Waals surface area contributed by atoms with Gasteiger partial charge in [-0.3, -0.25) is 4.79 Å². The van der Waals surface area contributed by atoms with Crippen molar-refractivity contribution >= 4 is 17.6 Å². The molecule has 144 valence electrons. The van der Waals surface area contributed by atoms with Crippen LogP contribution in [0.1, 0.15) is 116 Å². The molecule has 0 aromatic rings. The molecule has 0 aliphatic rings. The summed E-state index contributed by atoms with van der Waals surface area (Å²) in [6.45, 7) is 2.27. The topological polar surface area (TPSA) is 37.3 Å². The molecule has 0 aliphatic heterocycles. The highest BCUT2D eigenvalue weighted by atomic mass is 35.5. The molecule has 0 spiro atoms. The van der Waals surface area contributed by atoms with Crippen molar-refractivity contribution in [2.45, 2.75) is 116 Å². The van der Waals surface area contributed by atoms with Gasteiger partial charge in [0.25, 0.3) is 0 Å². The molecule has 0 aromatic carbocycles. The van der Waals surface area contributed by atoms with Crippen LogP contribution in [-0.4, -0.2) is 17.0 Å². The van der Waals surface area contributed by atoms with Crippen molar-refractivity contribution in [1.29, 1.82) is 0 Å². The first-order valence-electron chi connectivity index (χ1n) is 10.5. The number of aliphatic carboxylic acids is 1. The van der Waals surface area contributed by atoms with E-state index in [1.807, 2.05) is 0 Å². The molecule has 24 heavy (non-hydrogen) atoms. The smallest absolute Gasteiger partial charge is 0.307 e. The maximum absolute atomic E-state index is 10.8. The number of carboxylic acids is 1. The van der Waals surface area contributed by atoms with Crippen LogP contribution in [0.4, 0.5) is 0 Å². The molecule has 0 fully saturated rings. The zero-order valence-corrected chi connectivity index (χ0v) is 16.8. The summed E-state index contributed by atoms with van der Waals surface area (Å²) in [5, 5.41) is 8.91. The second kappa shape index (κ2) is 19.1. The molecular formula is C21H41ClO2. The van der Waals surface area contributed by atoms with Gasteiger partial charge in [0.05, 0.1) is 5.92 Å². The summed E-state index contributed by atoms with van der Waals surface area (Å²) in [6.07, 6.45) is 22.3. The van der Waals surface area contributed by atoms with Gasteiger partial charge in [-0.15, -0.1) is 11.6 Å². The predicted molar refractivity (Wildman–Crippen MR) is 106 cm³/mol. The number of hydrogen-bond acceptors (Lipinski definition) is 1. The molecule has 0 saturated carbocycles. The SMILES string of the molecule is CCCCCCCCCCCCCCCCCCC(CCl)C(=O)O. The summed E-state index contributed by atoms with van der Waals surface area (Å²) >= 11 is 5.65. The summed E-state index contributed by atoms with van der Waals surface area (Å²) in [5.41, 5.74) is 0. The van der Waals surface area contributed by atoms with Crippen molar-refractivity contribution in [3.8, 4) is 0 Å². The van der Waals surface area contributed by atoms with E-state index in [2.05, 4.69) is 6.92 Å². The van der Waals surface area contributed by atoms with Crippen molar-refractivity contribution < 1.29 is 9.90 Å². The second-order valence-corrected chi connectivity index (χ2v) is 7.59. The maximum atomic E-state index is 10.8. The van der Waals surface area contributed by atoms with E-state index in [9.17, 15) is 4.79 Å². The molecule has 0 saturated heterocycles. The first-order valence-corrected chi connectivity index (χ1v) is 11.0. The Labute approximate surface area is 155 Å². The van der Waals surface area contributed by atoms with E-state index in [-0.39, 0.29) is 11.8 Å². The lowest BCUT2D eigenvalue weighted by atomic mass is 10.0. The normalized spacial score (nSPS) is 12.4. The number of carboxylic acid groups (broad SMARTS) is 1. The standard InChI is InChI=1S/C21H41ClO2/c1-2-3-4-5-6-7-8-9-10-11-12-13-14-15-16-17-18-20(19-22)21(23)24/h20H,2-19H2,1H3,(H,23,24). The molecule has 0 heterocycles. The Morgan fingerprint density at radius 3 is 1.33 bits per heavy atom. The molecule has 2 nitrogen and oxygen atoms in total. The van der Waals surface area contributed by atoms with E-state index in [1.54, 1.807) is 0 Å². The lowest BCUT2D eigenvalue weighted by Gasteiger charge is -2.08. The van der Waals surface area contributed by atoms with Gasteiger partial charge in [-0.2, -0.15) is 0 Å². The fraction of sp³-hybridized carbons (Fsp3) is 0.952. The highest BCUT2D eigenvalue weighted by Crippen LogP contribution is 2.16. The predicted octanol–water partition coefficient (Wildman–Crippen LogP) is 7.58. The van der Waals surface area contributed by atoms with E-state index < -0.39 is 5.97 Å². The Kier molecular flexibility index (Phi) is 18.9. The molecular weight excluding hydrogens is 320 g/mol. The van der Waals surface area contributed by atoms with Crippen LogP contribution >= 0.6 is 11.6 Å². The van der Waals surface area contributed by atoms with Crippen LogP contribution in [0, 0.1) is 5.92 Å². The van der Waals surface area contributed by atoms with Crippen LogP contribution in [0.25, 0.3) is 0 Å². The molecule has 0 bridgehead atoms. The first kappa shape index (κ1) is 23.8. The summed E-state index contributed by atoms with van der Waals surface area (Å²) in [4.78, 5) is 10.8. The van der Waals surface area contributed by atoms with Crippen LogP contribution in [0.3, 0.4) is 0 Å². The second-order valence-electron chi connectivity index (χ2n) is 7.28. The van der Waals surface area contributed by atoms with Gasteiger partial charge in [-0.05, 0) is 6.42 Å². The van der Waals surface area contributed by atoms with Gasteiger partial charge in [-0.25, -0.2) is 0 Å². The summed E-state index contributed by atoms with van der Waals surface area (Å²) in [7, 11) is 0. The third-order valence-corrected chi connectivity index (χ3v) is 5.31. The average Bonchev–Trinajstić information content (AvgIpc) is 2.57. The molecule has 0 aliphatic carbocycles. The number of unbranched alkanes of at least 4 members (excludes halogenated alkanes) is 15. The third-order valence-electron chi connectivity index (χ3n) is 4.94.